The van der Waals surface area contributed by atoms with Crippen LogP contribution in [0.5, 0.6) is 0 Å². The predicted octanol–water partition coefficient (Wildman–Crippen LogP) is 2.88. The summed E-state index contributed by atoms with van der Waals surface area (Å²) >= 11 is 0. The topological polar surface area (TPSA) is 50.3 Å². The second kappa shape index (κ2) is 5.69. The van der Waals surface area contributed by atoms with Gasteiger partial charge in [0.25, 0.3) is 0 Å². The molecule has 2 aromatic rings. The molecular formula is C16H20N4O. The lowest BCUT2D eigenvalue weighted by Crippen LogP contribution is -2.14. The summed E-state index contributed by atoms with van der Waals surface area (Å²) in [4.78, 5) is 11.0. The van der Waals surface area contributed by atoms with E-state index >= 15 is 0 Å². The monoisotopic (exact) mass is 284 g/mol. The molecule has 0 unspecified atom stereocenters. The van der Waals surface area contributed by atoms with Gasteiger partial charge in [0.05, 0.1) is 13.2 Å². The zero-order valence-electron chi connectivity index (χ0n) is 12.7. The highest BCUT2D eigenvalue weighted by Gasteiger charge is 2.12. The van der Waals surface area contributed by atoms with E-state index < -0.39 is 0 Å². The SMILES string of the molecule is CCc1cc(Nc2ccc3c(c2)COC3)nc(N(C)C)n1. The predicted molar refractivity (Wildman–Crippen MR) is 84.0 cm³/mol. The van der Waals surface area contributed by atoms with E-state index in [1.54, 1.807) is 0 Å². The molecule has 0 amide bonds. The third-order valence-corrected chi connectivity index (χ3v) is 3.52. The van der Waals surface area contributed by atoms with Crippen LogP contribution in [0.4, 0.5) is 17.5 Å². The Morgan fingerprint density at radius 2 is 1.95 bits per heavy atom. The Kier molecular flexibility index (Phi) is 3.75. The third kappa shape index (κ3) is 2.97. The summed E-state index contributed by atoms with van der Waals surface area (Å²) in [7, 11) is 3.90. The Bertz CT molecular complexity index is 655. The highest BCUT2D eigenvalue weighted by Crippen LogP contribution is 2.25. The van der Waals surface area contributed by atoms with Crippen LogP contribution in [0.1, 0.15) is 23.7 Å². The minimum atomic E-state index is 0.692. The molecule has 110 valence electrons. The van der Waals surface area contributed by atoms with Crippen molar-refractivity contribution in [2.75, 3.05) is 24.3 Å². The van der Waals surface area contributed by atoms with Gasteiger partial charge in [0.1, 0.15) is 5.82 Å². The minimum absolute atomic E-state index is 0.692. The van der Waals surface area contributed by atoms with E-state index in [9.17, 15) is 0 Å². The molecule has 1 N–H and O–H groups in total. The Balaban J connectivity index is 1.88. The molecule has 5 nitrogen and oxygen atoms in total. The number of hydrogen-bond acceptors (Lipinski definition) is 5. The van der Waals surface area contributed by atoms with Gasteiger partial charge in [-0.25, -0.2) is 4.98 Å². The molecule has 0 saturated heterocycles. The largest absolute Gasteiger partial charge is 0.372 e. The first kappa shape index (κ1) is 13.8. The van der Waals surface area contributed by atoms with Gasteiger partial charge in [-0.2, -0.15) is 4.98 Å². The van der Waals surface area contributed by atoms with Gasteiger partial charge in [-0.1, -0.05) is 13.0 Å². The molecule has 5 heteroatoms. The fourth-order valence-electron chi connectivity index (χ4n) is 2.33. The Morgan fingerprint density at radius 1 is 1.14 bits per heavy atom. The van der Waals surface area contributed by atoms with E-state index in [1.165, 1.54) is 11.1 Å². The molecule has 2 heterocycles. The van der Waals surface area contributed by atoms with Gasteiger partial charge < -0.3 is 15.0 Å². The van der Waals surface area contributed by atoms with Crippen LogP contribution in [-0.2, 0) is 24.4 Å². The van der Waals surface area contributed by atoms with Gasteiger partial charge in [0.15, 0.2) is 0 Å². The molecule has 0 spiro atoms. The van der Waals surface area contributed by atoms with E-state index in [0.29, 0.717) is 13.2 Å². The van der Waals surface area contributed by atoms with Crippen molar-refractivity contribution in [2.24, 2.45) is 0 Å². The molecule has 0 atom stereocenters. The molecule has 0 fully saturated rings. The summed E-state index contributed by atoms with van der Waals surface area (Å²) in [6, 6.07) is 8.30. The first-order valence-corrected chi connectivity index (χ1v) is 7.17. The van der Waals surface area contributed by atoms with Crippen molar-refractivity contribution in [3.63, 3.8) is 0 Å². The van der Waals surface area contributed by atoms with Crippen LogP contribution in [0.25, 0.3) is 0 Å². The number of benzene rings is 1. The molecule has 0 saturated carbocycles. The summed E-state index contributed by atoms with van der Waals surface area (Å²) in [5.74, 6) is 1.55. The summed E-state index contributed by atoms with van der Waals surface area (Å²) in [5, 5.41) is 3.37. The van der Waals surface area contributed by atoms with Crippen molar-refractivity contribution in [3.05, 3.63) is 41.1 Å². The van der Waals surface area contributed by atoms with Crippen molar-refractivity contribution < 1.29 is 4.74 Å². The molecule has 1 aliphatic heterocycles. The van der Waals surface area contributed by atoms with Crippen molar-refractivity contribution in [2.45, 2.75) is 26.6 Å². The number of ether oxygens (including phenoxy) is 1. The van der Waals surface area contributed by atoms with Gasteiger partial charge >= 0.3 is 0 Å². The molecule has 0 aliphatic carbocycles. The third-order valence-electron chi connectivity index (χ3n) is 3.52. The van der Waals surface area contributed by atoms with Crippen LogP contribution in [0, 0.1) is 0 Å². The highest BCUT2D eigenvalue weighted by molar-refractivity contribution is 5.59. The molecule has 1 aromatic heterocycles. The Labute approximate surface area is 125 Å². The maximum atomic E-state index is 5.45. The fraction of sp³-hybridized carbons (Fsp3) is 0.375. The van der Waals surface area contributed by atoms with Crippen LogP contribution in [0.15, 0.2) is 24.3 Å². The number of anilines is 3. The van der Waals surface area contributed by atoms with Gasteiger partial charge in [-0.15, -0.1) is 0 Å². The summed E-state index contributed by atoms with van der Waals surface area (Å²) < 4.78 is 5.45. The zero-order valence-corrected chi connectivity index (χ0v) is 12.7. The first-order chi connectivity index (χ1) is 10.2. The molecule has 1 aromatic carbocycles. The normalized spacial score (nSPS) is 13.1. The molecule has 0 bridgehead atoms. The maximum Gasteiger partial charge on any atom is 0.227 e. The van der Waals surface area contributed by atoms with Crippen LogP contribution < -0.4 is 10.2 Å². The standard InChI is InChI=1S/C16H20N4O/c1-4-13-8-15(19-16(18-13)20(2)3)17-14-6-5-11-9-21-10-12(11)7-14/h5-8H,4,9-10H2,1-3H3,(H,17,18,19). The summed E-state index contributed by atoms with van der Waals surface area (Å²) in [6.07, 6.45) is 0.885. The van der Waals surface area contributed by atoms with E-state index in [2.05, 4.69) is 40.4 Å². The molecular weight excluding hydrogens is 264 g/mol. The van der Waals surface area contributed by atoms with Crippen molar-refractivity contribution in [1.29, 1.82) is 0 Å². The van der Waals surface area contributed by atoms with E-state index in [0.717, 1.165) is 29.6 Å². The lowest BCUT2D eigenvalue weighted by Gasteiger charge is -2.14. The second-order valence-corrected chi connectivity index (χ2v) is 5.39. The smallest absolute Gasteiger partial charge is 0.227 e. The summed E-state index contributed by atoms with van der Waals surface area (Å²) in [6.45, 7) is 3.50. The van der Waals surface area contributed by atoms with Gasteiger partial charge in [0, 0.05) is 31.5 Å². The molecule has 21 heavy (non-hydrogen) atoms. The first-order valence-electron chi connectivity index (χ1n) is 7.17. The molecule has 3 rings (SSSR count). The van der Waals surface area contributed by atoms with Crippen molar-refractivity contribution in [3.8, 4) is 0 Å². The van der Waals surface area contributed by atoms with Gasteiger partial charge in [-0.05, 0) is 29.7 Å². The Hall–Kier alpha value is -2.14. The van der Waals surface area contributed by atoms with Crippen LogP contribution in [0.2, 0.25) is 0 Å². The zero-order chi connectivity index (χ0) is 14.8. The van der Waals surface area contributed by atoms with Crippen LogP contribution in [-0.4, -0.2) is 24.1 Å². The molecule has 1 aliphatic rings. The van der Waals surface area contributed by atoms with Crippen molar-refractivity contribution >= 4 is 17.5 Å². The van der Waals surface area contributed by atoms with Gasteiger partial charge in [0.2, 0.25) is 5.95 Å². The molecule has 0 radical (unpaired) electrons. The van der Waals surface area contributed by atoms with Crippen LogP contribution in [0.3, 0.4) is 0 Å². The van der Waals surface area contributed by atoms with Crippen molar-refractivity contribution in [1.82, 2.24) is 9.97 Å². The average Bonchev–Trinajstić information content (AvgIpc) is 2.94. The van der Waals surface area contributed by atoms with E-state index in [1.807, 2.05) is 25.1 Å². The second-order valence-electron chi connectivity index (χ2n) is 5.39. The average molecular weight is 284 g/mol. The Morgan fingerprint density at radius 3 is 2.71 bits per heavy atom. The lowest BCUT2D eigenvalue weighted by atomic mass is 10.1. The van der Waals surface area contributed by atoms with E-state index in [-0.39, 0.29) is 0 Å². The fourth-order valence-corrected chi connectivity index (χ4v) is 2.33. The maximum absolute atomic E-state index is 5.45. The number of nitrogens with one attached hydrogen (secondary N) is 1. The van der Waals surface area contributed by atoms with Crippen LogP contribution >= 0.6 is 0 Å². The van der Waals surface area contributed by atoms with Gasteiger partial charge in [-0.3, -0.25) is 0 Å². The number of fused-ring (bicyclic) bond motifs is 1. The number of aromatic nitrogens is 2. The lowest BCUT2D eigenvalue weighted by molar-refractivity contribution is 0.134. The number of rotatable bonds is 4. The quantitative estimate of drug-likeness (QED) is 0.935. The number of nitrogens with zero attached hydrogens (tertiary/aromatic N) is 3. The van der Waals surface area contributed by atoms with E-state index in [4.69, 9.17) is 4.74 Å². The number of aryl methyl sites for hydroxylation is 1. The number of hydrogen-bond donors (Lipinski definition) is 1. The highest BCUT2D eigenvalue weighted by atomic mass is 16.5. The summed E-state index contributed by atoms with van der Waals surface area (Å²) in [5.41, 5.74) is 4.58. The minimum Gasteiger partial charge on any atom is -0.372 e.